The van der Waals surface area contributed by atoms with E-state index in [1.165, 1.54) is 24.3 Å². The lowest BCUT2D eigenvalue weighted by molar-refractivity contribution is 0.0950. The summed E-state index contributed by atoms with van der Waals surface area (Å²) in [5.41, 5.74) is 2.82. The second kappa shape index (κ2) is 8.03. The zero-order chi connectivity index (χ0) is 19.4. The van der Waals surface area contributed by atoms with Crippen LogP contribution in [0.4, 0.5) is 10.1 Å². The van der Waals surface area contributed by atoms with E-state index in [-0.39, 0.29) is 5.91 Å². The summed E-state index contributed by atoms with van der Waals surface area (Å²) >= 11 is 0. The average molecular weight is 367 g/mol. The maximum atomic E-state index is 13.1. The van der Waals surface area contributed by atoms with E-state index in [2.05, 4.69) is 15.6 Å². The van der Waals surface area contributed by atoms with Gasteiger partial charge in [0.2, 0.25) is 0 Å². The monoisotopic (exact) mass is 367 g/mol. The molecular weight excluding hydrogens is 345 g/mol. The standard InChI is InChI=1S/C21H22FN3O2/c1-3-4-11-23-21(27)19-18(16-12-13(2)5-10-17(16)24-19)25-20(26)14-6-8-15(22)9-7-14/h5-10,12,24H,3-4,11H2,1-2H3,(H,23,27)(H,25,26). The first-order chi connectivity index (χ1) is 13.0. The third-order valence-corrected chi connectivity index (χ3v) is 4.34. The molecule has 140 valence electrons. The number of hydrogen-bond acceptors (Lipinski definition) is 2. The molecular formula is C21H22FN3O2. The Labute approximate surface area is 157 Å². The minimum Gasteiger partial charge on any atom is -0.351 e. The van der Waals surface area contributed by atoms with Gasteiger partial charge in [0.1, 0.15) is 11.5 Å². The van der Waals surface area contributed by atoms with Gasteiger partial charge in [0, 0.05) is 23.0 Å². The van der Waals surface area contributed by atoms with Crippen molar-refractivity contribution < 1.29 is 14.0 Å². The van der Waals surface area contributed by atoms with E-state index in [9.17, 15) is 14.0 Å². The van der Waals surface area contributed by atoms with Gasteiger partial charge >= 0.3 is 0 Å². The van der Waals surface area contributed by atoms with Crippen LogP contribution in [0.2, 0.25) is 0 Å². The lowest BCUT2D eigenvalue weighted by Gasteiger charge is -2.08. The number of aryl methyl sites for hydroxylation is 1. The Bertz CT molecular complexity index is 977. The molecule has 2 aromatic carbocycles. The first-order valence-corrected chi connectivity index (χ1v) is 8.97. The number of fused-ring (bicyclic) bond motifs is 1. The molecule has 0 atom stereocenters. The van der Waals surface area contributed by atoms with Crippen molar-refractivity contribution in [3.05, 3.63) is 65.1 Å². The first-order valence-electron chi connectivity index (χ1n) is 8.97. The molecule has 0 spiro atoms. The molecule has 0 aliphatic heterocycles. The van der Waals surface area contributed by atoms with Gasteiger partial charge in [-0.2, -0.15) is 0 Å². The molecule has 3 rings (SSSR count). The fraction of sp³-hybridized carbons (Fsp3) is 0.238. The predicted octanol–water partition coefficient (Wildman–Crippen LogP) is 4.40. The Morgan fingerprint density at radius 2 is 1.81 bits per heavy atom. The van der Waals surface area contributed by atoms with Gasteiger partial charge in [-0.15, -0.1) is 0 Å². The highest BCUT2D eigenvalue weighted by Crippen LogP contribution is 2.29. The van der Waals surface area contributed by atoms with E-state index >= 15 is 0 Å². The highest BCUT2D eigenvalue weighted by molar-refractivity contribution is 6.15. The summed E-state index contributed by atoms with van der Waals surface area (Å²) in [5.74, 6) is -1.09. The Balaban J connectivity index is 1.96. The van der Waals surface area contributed by atoms with Gasteiger partial charge in [0.15, 0.2) is 0 Å². The quantitative estimate of drug-likeness (QED) is 0.565. The van der Waals surface area contributed by atoms with E-state index in [4.69, 9.17) is 0 Å². The molecule has 1 aromatic heterocycles. The number of carbonyl (C=O) groups is 2. The van der Waals surface area contributed by atoms with Crippen molar-refractivity contribution in [3.63, 3.8) is 0 Å². The number of nitrogens with one attached hydrogen (secondary N) is 3. The topological polar surface area (TPSA) is 74.0 Å². The summed E-state index contributed by atoms with van der Waals surface area (Å²) in [6.07, 6.45) is 1.85. The van der Waals surface area contributed by atoms with E-state index in [1.807, 2.05) is 32.0 Å². The molecule has 5 nitrogen and oxygen atoms in total. The molecule has 0 radical (unpaired) electrons. The normalized spacial score (nSPS) is 10.8. The number of aromatic amines is 1. The molecule has 6 heteroatoms. The highest BCUT2D eigenvalue weighted by Gasteiger charge is 2.20. The van der Waals surface area contributed by atoms with E-state index in [0.717, 1.165) is 29.3 Å². The summed E-state index contributed by atoms with van der Waals surface area (Å²) in [6, 6.07) is 11.0. The van der Waals surface area contributed by atoms with Crippen LogP contribution in [0, 0.1) is 12.7 Å². The minimum absolute atomic E-state index is 0.272. The lowest BCUT2D eigenvalue weighted by atomic mass is 10.1. The second-order valence-electron chi connectivity index (χ2n) is 6.49. The molecule has 0 aliphatic rings. The first kappa shape index (κ1) is 18.6. The number of H-pyrrole nitrogens is 1. The molecule has 0 fully saturated rings. The minimum atomic E-state index is -0.412. The molecule has 27 heavy (non-hydrogen) atoms. The molecule has 3 N–H and O–H groups in total. The molecule has 0 aliphatic carbocycles. The van der Waals surface area contributed by atoms with E-state index in [1.54, 1.807) is 0 Å². The fourth-order valence-corrected chi connectivity index (χ4v) is 2.86. The maximum Gasteiger partial charge on any atom is 0.269 e. The second-order valence-corrected chi connectivity index (χ2v) is 6.49. The SMILES string of the molecule is CCCCNC(=O)c1[nH]c2ccc(C)cc2c1NC(=O)c1ccc(F)cc1. The average Bonchev–Trinajstić information content (AvgIpc) is 3.00. The number of hydrogen-bond donors (Lipinski definition) is 3. The number of benzene rings is 2. The summed E-state index contributed by atoms with van der Waals surface area (Å²) < 4.78 is 13.1. The molecule has 0 unspecified atom stereocenters. The van der Waals surface area contributed by atoms with Gasteiger partial charge in [-0.25, -0.2) is 4.39 Å². The number of unbranched alkanes of at least 4 members (excludes halogenated alkanes) is 1. The largest absolute Gasteiger partial charge is 0.351 e. The van der Waals surface area contributed by atoms with Crippen molar-refractivity contribution in [2.24, 2.45) is 0 Å². The van der Waals surface area contributed by atoms with Crippen LogP contribution in [0.15, 0.2) is 42.5 Å². The Morgan fingerprint density at radius 3 is 2.52 bits per heavy atom. The molecule has 0 saturated heterocycles. The Hall–Kier alpha value is -3.15. The van der Waals surface area contributed by atoms with Crippen molar-refractivity contribution in [2.75, 3.05) is 11.9 Å². The van der Waals surface area contributed by atoms with Gasteiger partial charge in [0.25, 0.3) is 11.8 Å². The molecule has 0 bridgehead atoms. The van der Waals surface area contributed by atoms with Gasteiger partial charge in [-0.3, -0.25) is 9.59 Å². The maximum absolute atomic E-state index is 13.1. The zero-order valence-electron chi connectivity index (χ0n) is 15.4. The molecule has 1 heterocycles. The molecule has 2 amide bonds. The van der Waals surface area contributed by atoms with Crippen molar-refractivity contribution in [1.29, 1.82) is 0 Å². The van der Waals surface area contributed by atoms with Crippen LogP contribution >= 0.6 is 0 Å². The lowest BCUT2D eigenvalue weighted by Crippen LogP contribution is -2.26. The fourth-order valence-electron chi connectivity index (χ4n) is 2.86. The van der Waals surface area contributed by atoms with Gasteiger partial charge < -0.3 is 15.6 Å². The van der Waals surface area contributed by atoms with Crippen molar-refractivity contribution in [2.45, 2.75) is 26.7 Å². The number of anilines is 1. The van der Waals surface area contributed by atoms with Gasteiger partial charge in [0.05, 0.1) is 5.69 Å². The number of carbonyl (C=O) groups excluding carboxylic acids is 2. The van der Waals surface area contributed by atoms with Crippen molar-refractivity contribution >= 4 is 28.4 Å². The molecule has 0 saturated carbocycles. The van der Waals surface area contributed by atoms with Crippen LogP contribution in [-0.2, 0) is 0 Å². The van der Waals surface area contributed by atoms with Crippen molar-refractivity contribution in [1.82, 2.24) is 10.3 Å². The van der Waals surface area contributed by atoms with Crippen LogP contribution in [0.5, 0.6) is 0 Å². The third-order valence-electron chi connectivity index (χ3n) is 4.34. The number of aromatic nitrogens is 1. The number of rotatable bonds is 6. The Kier molecular flexibility index (Phi) is 5.54. The van der Waals surface area contributed by atoms with Gasteiger partial charge in [-0.05, 0) is 49.7 Å². The third kappa shape index (κ3) is 4.16. The highest BCUT2D eigenvalue weighted by atomic mass is 19.1. The number of halogens is 1. The summed E-state index contributed by atoms with van der Waals surface area (Å²) in [6.45, 7) is 4.56. The van der Waals surface area contributed by atoms with Crippen LogP contribution in [-0.4, -0.2) is 23.3 Å². The van der Waals surface area contributed by atoms with Crippen LogP contribution in [0.3, 0.4) is 0 Å². The molecule has 3 aromatic rings. The zero-order valence-corrected chi connectivity index (χ0v) is 15.4. The van der Waals surface area contributed by atoms with Crippen LogP contribution in [0.1, 0.15) is 46.2 Å². The van der Waals surface area contributed by atoms with Crippen LogP contribution in [0.25, 0.3) is 10.9 Å². The van der Waals surface area contributed by atoms with Gasteiger partial charge in [-0.1, -0.05) is 25.0 Å². The smallest absolute Gasteiger partial charge is 0.269 e. The summed E-state index contributed by atoms with van der Waals surface area (Å²) in [7, 11) is 0. The predicted molar refractivity (Wildman–Crippen MR) is 105 cm³/mol. The van der Waals surface area contributed by atoms with Crippen LogP contribution < -0.4 is 10.6 Å². The Morgan fingerprint density at radius 1 is 1.07 bits per heavy atom. The van der Waals surface area contributed by atoms with Crippen molar-refractivity contribution in [3.8, 4) is 0 Å². The van der Waals surface area contributed by atoms with E-state index in [0.29, 0.717) is 23.5 Å². The van der Waals surface area contributed by atoms with E-state index < -0.39 is 11.7 Å². The summed E-state index contributed by atoms with van der Waals surface area (Å²) in [5, 5.41) is 6.44. The number of amides is 2. The summed E-state index contributed by atoms with van der Waals surface area (Å²) in [4.78, 5) is 28.3.